The van der Waals surface area contributed by atoms with Gasteiger partial charge in [0.05, 0.1) is 5.69 Å². The number of hydrogen-bond donors (Lipinski definition) is 0. The topological polar surface area (TPSA) is 54.3 Å². The maximum atomic E-state index is 12.8. The van der Waals surface area contributed by atoms with Crippen molar-refractivity contribution in [2.45, 2.75) is 33.2 Å². The Kier molecular flexibility index (Phi) is 4.66. The fourth-order valence-electron chi connectivity index (χ4n) is 2.77. The summed E-state index contributed by atoms with van der Waals surface area (Å²) in [6.45, 7) is 10.1. The van der Waals surface area contributed by atoms with E-state index in [1.54, 1.807) is 11.3 Å². The van der Waals surface area contributed by atoms with Crippen LogP contribution in [0.5, 0.6) is 0 Å². The first-order valence-electron chi connectivity index (χ1n) is 8.11. The first-order valence-corrected chi connectivity index (χ1v) is 8.99. The fourth-order valence-corrected chi connectivity index (χ4v) is 3.46. The third-order valence-corrected chi connectivity index (χ3v) is 5.00. The molecule has 2 aromatic rings. The van der Waals surface area contributed by atoms with Gasteiger partial charge in [-0.3, -0.25) is 9.48 Å². The zero-order valence-electron chi connectivity index (χ0n) is 13.9. The van der Waals surface area contributed by atoms with Crippen LogP contribution in [0.15, 0.2) is 17.6 Å². The van der Waals surface area contributed by atoms with Crippen molar-refractivity contribution < 1.29 is 4.79 Å². The number of rotatable bonds is 4. The number of nitrogens with zero attached hydrogens (tertiary/aromatic N) is 5. The summed E-state index contributed by atoms with van der Waals surface area (Å²) >= 11 is 1.65. The predicted molar refractivity (Wildman–Crippen MR) is 92.2 cm³/mol. The first kappa shape index (κ1) is 16.0. The number of aromatic nitrogens is 3. The Labute approximate surface area is 140 Å². The van der Waals surface area contributed by atoms with Crippen molar-refractivity contribution in [1.82, 2.24) is 19.7 Å². The molecule has 0 aromatic carbocycles. The third kappa shape index (κ3) is 3.24. The summed E-state index contributed by atoms with van der Waals surface area (Å²) in [6.07, 6.45) is 1.82. The van der Waals surface area contributed by atoms with Crippen molar-refractivity contribution >= 4 is 22.4 Å². The van der Waals surface area contributed by atoms with Gasteiger partial charge in [0.2, 0.25) is 0 Å². The van der Waals surface area contributed by atoms with Crippen molar-refractivity contribution in [1.29, 1.82) is 0 Å². The quantitative estimate of drug-likeness (QED) is 0.862. The van der Waals surface area contributed by atoms with Crippen LogP contribution in [0.1, 0.15) is 42.9 Å². The lowest BCUT2D eigenvalue weighted by atomic mass is 10.1. The fraction of sp³-hybridized carbons (Fsp3) is 0.562. The standard InChI is InChI=1S/C16H23N5OS/c1-4-21-14(11-13(18-21)12(2)3)15(22)19-6-8-20(9-7-19)16-17-5-10-23-16/h5,10-12H,4,6-9H2,1-3H3. The van der Waals surface area contributed by atoms with Crippen LogP contribution in [-0.2, 0) is 6.54 Å². The van der Waals surface area contributed by atoms with Crippen LogP contribution in [0.3, 0.4) is 0 Å². The highest BCUT2D eigenvalue weighted by atomic mass is 32.1. The van der Waals surface area contributed by atoms with Crippen molar-refractivity contribution in [3.63, 3.8) is 0 Å². The normalized spacial score (nSPS) is 15.5. The Morgan fingerprint density at radius 1 is 1.30 bits per heavy atom. The monoisotopic (exact) mass is 333 g/mol. The predicted octanol–water partition coefficient (Wildman–Crippen LogP) is 2.45. The second kappa shape index (κ2) is 6.70. The van der Waals surface area contributed by atoms with Gasteiger partial charge in [-0.2, -0.15) is 5.10 Å². The minimum Gasteiger partial charge on any atom is -0.345 e. The van der Waals surface area contributed by atoms with Gasteiger partial charge in [0.15, 0.2) is 5.13 Å². The smallest absolute Gasteiger partial charge is 0.272 e. The van der Waals surface area contributed by atoms with E-state index >= 15 is 0 Å². The molecule has 6 nitrogen and oxygen atoms in total. The van der Waals surface area contributed by atoms with Crippen LogP contribution < -0.4 is 4.90 Å². The molecule has 1 saturated heterocycles. The molecule has 7 heteroatoms. The maximum absolute atomic E-state index is 12.8. The van der Waals surface area contributed by atoms with Crippen molar-refractivity contribution in [3.05, 3.63) is 29.0 Å². The lowest BCUT2D eigenvalue weighted by Gasteiger charge is -2.34. The molecule has 124 valence electrons. The third-order valence-electron chi connectivity index (χ3n) is 4.17. The summed E-state index contributed by atoms with van der Waals surface area (Å²) in [5, 5.41) is 7.58. The van der Waals surface area contributed by atoms with E-state index in [4.69, 9.17) is 0 Å². The Bertz CT molecular complexity index is 656. The van der Waals surface area contributed by atoms with Gasteiger partial charge in [-0.05, 0) is 18.9 Å². The first-order chi connectivity index (χ1) is 11.1. The molecule has 1 fully saturated rings. The van der Waals surface area contributed by atoms with Crippen molar-refractivity contribution in [2.24, 2.45) is 0 Å². The molecule has 0 bridgehead atoms. The molecule has 0 saturated carbocycles. The molecule has 0 radical (unpaired) electrons. The van der Waals surface area contributed by atoms with Gasteiger partial charge in [0.1, 0.15) is 5.69 Å². The number of carbonyl (C=O) groups is 1. The molecule has 0 N–H and O–H groups in total. The van der Waals surface area contributed by atoms with Crippen LogP contribution in [-0.4, -0.2) is 51.8 Å². The summed E-state index contributed by atoms with van der Waals surface area (Å²) in [6, 6.07) is 1.95. The molecule has 0 spiro atoms. The van der Waals surface area contributed by atoms with E-state index in [0.717, 1.165) is 37.0 Å². The summed E-state index contributed by atoms with van der Waals surface area (Å²) in [4.78, 5) is 21.4. The molecule has 23 heavy (non-hydrogen) atoms. The Hall–Kier alpha value is -1.89. The highest BCUT2D eigenvalue weighted by molar-refractivity contribution is 7.13. The van der Waals surface area contributed by atoms with Gasteiger partial charge in [0.25, 0.3) is 5.91 Å². The second-order valence-electron chi connectivity index (χ2n) is 6.02. The van der Waals surface area contributed by atoms with E-state index in [9.17, 15) is 4.79 Å². The van der Waals surface area contributed by atoms with Gasteiger partial charge >= 0.3 is 0 Å². The van der Waals surface area contributed by atoms with Crippen LogP contribution in [0.25, 0.3) is 0 Å². The number of thiazole rings is 1. The molecule has 0 atom stereocenters. The molecule has 0 aliphatic carbocycles. The molecular formula is C16H23N5OS. The maximum Gasteiger partial charge on any atom is 0.272 e. The van der Waals surface area contributed by atoms with Crippen LogP contribution in [0.2, 0.25) is 0 Å². The Morgan fingerprint density at radius 3 is 2.61 bits per heavy atom. The highest BCUT2D eigenvalue weighted by Gasteiger charge is 2.26. The van der Waals surface area contributed by atoms with Crippen LogP contribution in [0.4, 0.5) is 5.13 Å². The zero-order chi connectivity index (χ0) is 16.4. The van der Waals surface area contributed by atoms with Gasteiger partial charge in [0, 0.05) is 44.3 Å². The number of piperazine rings is 1. The van der Waals surface area contributed by atoms with E-state index in [0.29, 0.717) is 18.2 Å². The van der Waals surface area contributed by atoms with Gasteiger partial charge in [-0.25, -0.2) is 4.98 Å². The molecule has 2 aromatic heterocycles. The average Bonchev–Trinajstić information content (AvgIpc) is 3.23. The summed E-state index contributed by atoms with van der Waals surface area (Å²) in [5.74, 6) is 0.418. The molecule has 1 aliphatic rings. The number of hydrogen-bond acceptors (Lipinski definition) is 5. The van der Waals surface area contributed by atoms with Crippen molar-refractivity contribution in [2.75, 3.05) is 31.1 Å². The van der Waals surface area contributed by atoms with Gasteiger partial charge in [-0.15, -0.1) is 11.3 Å². The number of anilines is 1. The summed E-state index contributed by atoms with van der Waals surface area (Å²) in [5.41, 5.74) is 1.69. The van der Waals surface area contributed by atoms with Gasteiger partial charge in [-0.1, -0.05) is 13.8 Å². The lowest BCUT2D eigenvalue weighted by Crippen LogP contribution is -2.49. The largest absolute Gasteiger partial charge is 0.345 e. The van der Waals surface area contributed by atoms with Crippen molar-refractivity contribution in [3.8, 4) is 0 Å². The molecular weight excluding hydrogens is 310 g/mol. The van der Waals surface area contributed by atoms with E-state index in [1.165, 1.54) is 0 Å². The van der Waals surface area contributed by atoms with Gasteiger partial charge < -0.3 is 9.80 Å². The van der Waals surface area contributed by atoms with Crippen LogP contribution >= 0.6 is 11.3 Å². The number of amides is 1. The summed E-state index contributed by atoms with van der Waals surface area (Å²) < 4.78 is 1.82. The Morgan fingerprint density at radius 2 is 2.04 bits per heavy atom. The van der Waals surface area contributed by atoms with Crippen LogP contribution in [0, 0.1) is 0 Å². The highest BCUT2D eigenvalue weighted by Crippen LogP contribution is 2.21. The second-order valence-corrected chi connectivity index (χ2v) is 6.89. The lowest BCUT2D eigenvalue weighted by molar-refractivity contribution is 0.0734. The minimum atomic E-state index is 0.0880. The van der Waals surface area contributed by atoms with E-state index in [-0.39, 0.29) is 5.91 Å². The molecule has 3 heterocycles. The average molecular weight is 333 g/mol. The molecule has 1 amide bonds. The zero-order valence-corrected chi connectivity index (χ0v) is 14.7. The number of aryl methyl sites for hydroxylation is 1. The van der Waals surface area contributed by atoms with E-state index in [2.05, 4.69) is 28.8 Å². The van der Waals surface area contributed by atoms with E-state index in [1.807, 2.05) is 34.1 Å². The molecule has 0 unspecified atom stereocenters. The van der Waals surface area contributed by atoms with E-state index < -0.39 is 0 Å². The Balaban J connectivity index is 1.70. The summed E-state index contributed by atoms with van der Waals surface area (Å²) in [7, 11) is 0. The molecule has 1 aliphatic heterocycles. The molecule has 3 rings (SSSR count). The number of carbonyl (C=O) groups excluding carboxylic acids is 1. The SMILES string of the molecule is CCn1nc(C(C)C)cc1C(=O)N1CCN(c2nccs2)CC1. The minimum absolute atomic E-state index is 0.0880.